The Morgan fingerprint density at radius 1 is 1.44 bits per heavy atom. The smallest absolute Gasteiger partial charge is 0.255 e. The number of carbonyl (C=O) groups is 2. The molecule has 1 aliphatic heterocycles. The summed E-state index contributed by atoms with van der Waals surface area (Å²) in [6.07, 6.45) is 5.76. The zero-order valence-electron chi connectivity index (χ0n) is 9.00. The number of carbonyl (C=O) groups excluding carboxylic acids is 2. The normalized spacial score (nSPS) is 17.1. The first kappa shape index (κ1) is 10.8. The molecule has 0 radical (unpaired) electrons. The van der Waals surface area contributed by atoms with Gasteiger partial charge in [0.25, 0.3) is 5.91 Å². The minimum atomic E-state index is 0.0115. The van der Waals surface area contributed by atoms with E-state index in [1.165, 1.54) is 0 Å². The Labute approximate surface area is 94.3 Å². The van der Waals surface area contributed by atoms with Crippen LogP contribution in [0.1, 0.15) is 23.2 Å². The lowest BCUT2D eigenvalue weighted by Gasteiger charge is -2.29. The topological polar surface area (TPSA) is 50.3 Å². The molecule has 0 aliphatic carbocycles. The molecule has 1 aromatic rings. The highest BCUT2D eigenvalue weighted by Gasteiger charge is 2.23. The van der Waals surface area contributed by atoms with Crippen LogP contribution in [0.4, 0.5) is 0 Å². The highest BCUT2D eigenvalue weighted by molar-refractivity contribution is 5.93. The summed E-state index contributed by atoms with van der Waals surface area (Å²) in [6.45, 7) is 1.33. The van der Waals surface area contributed by atoms with Crippen LogP contribution in [0.15, 0.2) is 24.5 Å². The summed E-state index contributed by atoms with van der Waals surface area (Å²) in [5, 5.41) is 0. The molecule has 0 N–H and O–H groups in total. The van der Waals surface area contributed by atoms with Crippen molar-refractivity contribution in [2.24, 2.45) is 5.92 Å². The Balaban J connectivity index is 1.99. The summed E-state index contributed by atoms with van der Waals surface area (Å²) in [5.74, 6) is 0.135. The Hall–Kier alpha value is -1.71. The molecule has 2 rings (SSSR count). The third-order valence-electron chi connectivity index (χ3n) is 2.93. The highest BCUT2D eigenvalue weighted by Crippen LogP contribution is 2.16. The molecular weight excluding hydrogens is 204 g/mol. The molecule has 1 saturated heterocycles. The number of hydrogen-bond donors (Lipinski definition) is 0. The Bertz CT molecular complexity index is 370. The zero-order valence-corrected chi connectivity index (χ0v) is 9.00. The quantitative estimate of drug-likeness (QED) is 0.699. The summed E-state index contributed by atoms with van der Waals surface area (Å²) in [4.78, 5) is 28.3. The molecule has 1 aliphatic rings. The van der Waals surface area contributed by atoms with E-state index in [-0.39, 0.29) is 11.8 Å². The van der Waals surface area contributed by atoms with Crippen LogP contribution in [-0.2, 0) is 4.79 Å². The second-order valence-electron chi connectivity index (χ2n) is 4.01. The van der Waals surface area contributed by atoms with Crippen LogP contribution in [0.3, 0.4) is 0 Å². The third-order valence-corrected chi connectivity index (χ3v) is 2.93. The second kappa shape index (κ2) is 4.88. The van der Waals surface area contributed by atoms with Crippen LogP contribution in [0.5, 0.6) is 0 Å². The van der Waals surface area contributed by atoms with E-state index in [0.717, 1.165) is 19.1 Å². The van der Waals surface area contributed by atoms with Gasteiger partial charge >= 0.3 is 0 Å². The van der Waals surface area contributed by atoms with E-state index < -0.39 is 0 Å². The molecule has 4 nitrogen and oxygen atoms in total. The molecule has 0 unspecified atom stereocenters. The van der Waals surface area contributed by atoms with Gasteiger partial charge < -0.3 is 9.69 Å². The van der Waals surface area contributed by atoms with Crippen molar-refractivity contribution in [2.75, 3.05) is 13.1 Å². The maximum atomic E-state index is 12.0. The number of pyridine rings is 1. The molecule has 0 spiro atoms. The standard InChI is InChI=1S/C12H14N2O2/c15-9-10-3-6-14(7-4-10)12(16)11-2-1-5-13-8-11/h1-2,5,8-10H,3-4,6-7H2. The molecule has 1 aromatic heterocycles. The van der Waals surface area contributed by atoms with E-state index in [2.05, 4.69) is 4.98 Å². The number of aromatic nitrogens is 1. The summed E-state index contributed by atoms with van der Waals surface area (Å²) in [5.41, 5.74) is 0.618. The van der Waals surface area contributed by atoms with Crippen molar-refractivity contribution in [3.05, 3.63) is 30.1 Å². The first-order chi connectivity index (χ1) is 7.81. The summed E-state index contributed by atoms with van der Waals surface area (Å²) >= 11 is 0. The van der Waals surface area contributed by atoms with Crippen molar-refractivity contribution in [3.8, 4) is 0 Å². The van der Waals surface area contributed by atoms with Gasteiger partial charge in [0.1, 0.15) is 6.29 Å². The average molecular weight is 218 g/mol. The number of likely N-dealkylation sites (tertiary alicyclic amines) is 1. The third kappa shape index (κ3) is 2.27. The van der Waals surface area contributed by atoms with Crippen LogP contribution < -0.4 is 0 Å². The molecule has 1 fully saturated rings. The lowest BCUT2D eigenvalue weighted by molar-refractivity contribution is -0.112. The molecule has 2 heterocycles. The van der Waals surface area contributed by atoms with E-state index >= 15 is 0 Å². The Morgan fingerprint density at radius 3 is 2.75 bits per heavy atom. The van der Waals surface area contributed by atoms with Crippen LogP contribution in [0.25, 0.3) is 0 Å². The fourth-order valence-corrected chi connectivity index (χ4v) is 1.91. The maximum Gasteiger partial charge on any atom is 0.255 e. The van der Waals surface area contributed by atoms with Gasteiger partial charge in [-0.3, -0.25) is 9.78 Å². The predicted molar refractivity (Wildman–Crippen MR) is 58.9 cm³/mol. The highest BCUT2D eigenvalue weighted by atomic mass is 16.2. The van der Waals surface area contributed by atoms with Crippen LogP contribution >= 0.6 is 0 Å². The van der Waals surface area contributed by atoms with Gasteiger partial charge in [0, 0.05) is 31.4 Å². The lowest BCUT2D eigenvalue weighted by atomic mass is 9.98. The first-order valence-corrected chi connectivity index (χ1v) is 5.46. The van der Waals surface area contributed by atoms with Gasteiger partial charge in [-0.2, -0.15) is 0 Å². The number of piperidine rings is 1. The van der Waals surface area contributed by atoms with Crippen LogP contribution in [0.2, 0.25) is 0 Å². The largest absolute Gasteiger partial charge is 0.339 e. The lowest BCUT2D eigenvalue weighted by Crippen LogP contribution is -2.38. The van der Waals surface area contributed by atoms with E-state index in [1.54, 1.807) is 29.4 Å². The van der Waals surface area contributed by atoms with E-state index in [9.17, 15) is 9.59 Å². The summed E-state index contributed by atoms with van der Waals surface area (Å²) in [6, 6.07) is 3.52. The van der Waals surface area contributed by atoms with Crippen molar-refractivity contribution < 1.29 is 9.59 Å². The molecule has 0 saturated carbocycles. The number of aldehydes is 1. The maximum absolute atomic E-state index is 12.0. The van der Waals surface area contributed by atoms with Gasteiger partial charge in [-0.25, -0.2) is 0 Å². The molecule has 0 aromatic carbocycles. The van der Waals surface area contributed by atoms with Crippen molar-refractivity contribution in [1.82, 2.24) is 9.88 Å². The van der Waals surface area contributed by atoms with Gasteiger partial charge in [-0.1, -0.05) is 0 Å². The monoisotopic (exact) mass is 218 g/mol. The van der Waals surface area contributed by atoms with Crippen LogP contribution in [-0.4, -0.2) is 35.2 Å². The molecule has 0 atom stereocenters. The Morgan fingerprint density at radius 2 is 2.19 bits per heavy atom. The molecule has 1 amide bonds. The SMILES string of the molecule is O=CC1CCN(C(=O)c2cccnc2)CC1. The van der Waals surface area contributed by atoms with Crippen molar-refractivity contribution >= 4 is 12.2 Å². The molecule has 84 valence electrons. The molecule has 16 heavy (non-hydrogen) atoms. The van der Waals surface area contributed by atoms with Crippen molar-refractivity contribution in [3.63, 3.8) is 0 Å². The zero-order chi connectivity index (χ0) is 11.4. The number of amides is 1. The van der Waals surface area contributed by atoms with E-state index in [1.807, 2.05) is 0 Å². The molecular formula is C12H14N2O2. The van der Waals surface area contributed by atoms with Gasteiger partial charge in [0.05, 0.1) is 5.56 Å². The van der Waals surface area contributed by atoms with E-state index in [4.69, 9.17) is 0 Å². The van der Waals surface area contributed by atoms with Gasteiger partial charge in [0.15, 0.2) is 0 Å². The number of hydrogen-bond acceptors (Lipinski definition) is 3. The van der Waals surface area contributed by atoms with Gasteiger partial charge in [0.2, 0.25) is 0 Å². The predicted octanol–water partition coefficient (Wildman–Crippen LogP) is 1.13. The van der Waals surface area contributed by atoms with Crippen LogP contribution in [0, 0.1) is 5.92 Å². The average Bonchev–Trinajstić information content (AvgIpc) is 2.39. The first-order valence-electron chi connectivity index (χ1n) is 5.46. The van der Waals surface area contributed by atoms with E-state index in [0.29, 0.717) is 18.7 Å². The minimum Gasteiger partial charge on any atom is -0.339 e. The summed E-state index contributed by atoms with van der Waals surface area (Å²) < 4.78 is 0. The number of nitrogens with zero attached hydrogens (tertiary/aromatic N) is 2. The second-order valence-corrected chi connectivity index (χ2v) is 4.01. The summed E-state index contributed by atoms with van der Waals surface area (Å²) in [7, 11) is 0. The van der Waals surface area contributed by atoms with Crippen molar-refractivity contribution in [2.45, 2.75) is 12.8 Å². The van der Waals surface area contributed by atoms with Gasteiger partial charge in [-0.05, 0) is 25.0 Å². The number of rotatable bonds is 2. The molecule has 0 bridgehead atoms. The van der Waals surface area contributed by atoms with Crippen molar-refractivity contribution in [1.29, 1.82) is 0 Å². The Kier molecular flexibility index (Phi) is 3.29. The molecule has 4 heteroatoms. The fourth-order valence-electron chi connectivity index (χ4n) is 1.91. The minimum absolute atomic E-state index is 0.0115. The fraction of sp³-hybridized carbons (Fsp3) is 0.417. The van der Waals surface area contributed by atoms with Gasteiger partial charge in [-0.15, -0.1) is 0 Å².